The van der Waals surface area contributed by atoms with Crippen LogP contribution >= 0.6 is 0 Å². The number of methoxy groups -OCH3 is 1. The Bertz CT molecular complexity index is 688. The van der Waals surface area contributed by atoms with E-state index in [1.54, 1.807) is 7.11 Å². The maximum Gasteiger partial charge on any atom is 0.235 e. The summed E-state index contributed by atoms with van der Waals surface area (Å²) in [7, 11) is 1.63. The average Bonchev–Trinajstić information content (AvgIpc) is 3.07. The van der Waals surface area contributed by atoms with Crippen LogP contribution in [0.4, 0.5) is 5.69 Å². The number of amides is 1. The minimum Gasteiger partial charge on any atom is -0.495 e. The highest BCUT2D eigenvalue weighted by molar-refractivity contribution is 6.00. The van der Waals surface area contributed by atoms with Gasteiger partial charge in [-0.25, -0.2) is 0 Å². The first-order valence-electron chi connectivity index (χ1n) is 8.17. The van der Waals surface area contributed by atoms with E-state index in [0.717, 1.165) is 42.5 Å². The molecule has 1 amide bonds. The molecule has 0 radical (unpaired) electrons. The van der Waals surface area contributed by atoms with E-state index in [1.165, 1.54) is 0 Å². The molecular weight excluding hydrogens is 286 g/mol. The van der Waals surface area contributed by atoms with E-state index in [0.29, 0.717) is 5.75 Å². The third-order valence-corrected chi connectivity index (χ3v) is 4.82. The van der Waals surface area contributed by atoms with Crippen LogP contribution in [0.15, 0.2) is 48.5 Å². The molecule has 1 saturated carbocycles. The summed E-state index contributed by atoms with van der Waals surface area (Å²) in [6.45, 7) is 2.01. The van der Waals surface area contributed by atoms with Crippen molar-refractivity contribution in [2.75, 3.05) is 12.4 Å². The van der Waals surface area contributed by atoms with Gasteiger partial charge in [-0.2, -0.15) is 0 Å². The van der Waals surface area contributed by atoms with Crippen LogP contribution in [0, 0.1) is 6.92 Å². The predicted molar refractivity (Wildman–Crippen MR) is 92.9 cm³/mol. The zero-order chi connectivity index (χ0) is 16.3. The van der Waals surface area contributed by atoms with Gasteiger partial charge in [0.05, 0.1) is 18.2 Å². The van der Waals surface area contributed by atoms with Crippen molar-refractivity contribution < 1.29 is 9.53 Å². The molecule has 3 heteroatoms. The number of nitrogens with one attached hydrogen (secondary N) is 1. The number of aryl methyl sites for hydroxylation is 1. The van der Waals surface area contributed by atoms with E-state index in [4.69, 9.17) is 4.74 Å². The number of rotatable bonds is 4. The fourth-order valence-electron chi connectivity index (χ4n) is 3.54. The number of hydrogen-bond donors (Lipinski definition) is 1. The van der Waals surface area contributed by atoms with Gasteiger partial charge in [0.2, 0.25) is 5.91 Å². The molecule has 1 fully saturated rings. The molecule has 3 nitrogen and oxygen atoms in total. The van der Waals surface area contributed by atoms with E-state index in [-0.39, 0.29) is 5.91 Å². The van der Waals surface area contributed by atoms with Gasteiger partial charge in [0.15, 0.2) is 0 Å². The summed E-state index contributed by atoms with van der Waals surface area (Å²) in [5, 5.41) is 3.12. The van der Waals surface area contributed by atoms with E-state index >= 15 is 0 Å². The monoisotopic (exact) mass is 309 g/mol. The largest absolute Gasteiger partial charge is 0.495 e. The van der Waals surface area contributed by atoms with Gasteiger partial charge in [-0.05, 0) is 43.0 Å². The molecule has 23 heavy (non-hydrogen) atoms. The van der Waals surface area contributed by atoms with Crippen molar-refractivity contribution in [3.8, 4) is 5.75 Å². The van der Waals surface area contributed by atoms with E-state index in [9.17, 15) is 4.79 Å². The quantitative estimate of drug-likeness (QED) is 0.906. The highest BCUT2D eigenvalue weighted by Gasteiger charge is 2.42. The zero-order valence-electron chi connectivity index (χ0n) is 13.8. The Balaban J connectivity index is 1.93. The van der Waals surface area contributed by atoms with Crippen LogP contribution in [-0.2, 0) is 10.2 Å². The molecular formula is C20H23NO2. The fraction of sp³-hybridized carbons (Fsp3) is 0.350. The highest BCUT2D eigenvalue weighted by atomic mass is 16.5. The number of hydrogen-bond acceptors (Lipinski definition) is 2. The lowest BCUT2D eigenvalue weighted by Crippen LogP contribution is -2.38. The minimum atomic E-state index is -0.421. The van der Waals surface area contributed by atoms with Gasteiger partial charge in [0.1, 0.15) is 5.75 Å². The van der Waals surface area contributed by atoms with Gasteiger partial charge in [-0.15, -0.1) is 0 Å². The van der Waals surface area contributed by atoms with Gasteiger partial charge in [0.25, 0.3) is 0 Å². The lowest BCUT2D eigenvalue weighted by atomic mass is 9.78. The summed E-state index contributed by atoms with van der Waals surface area (Å²) in [5.41, 5.74) is 2.54. The summed E-state index contributed by atoms with van der Waals surface area (Å²) < 4.78 is 5.39. The molecule has 0 spiro atoms. The number of benzene rings is 2. The van der Waals surface area contributed by atoms with Crippen LogP contribution in [0.1, 0.15) is 36.8 Å². The van der Waals surface area contributed by atoms with Crippen molar-refractivity contribution in [2.45, 2.75) is 38.0 Å². The number of ether oxygens (including phenoxy) is 1. The van der Waals surface area contributed by atoms with Gasteiger partial charge in [-0.3, -0.25) is 4.79 Å². The number of carbonyl (C=O) groups is 1. The molecule has 0 unspecified atom stereocenters. The Hall–Kier alpha value is -2.29. The lowest BCUT2D eigenvalue weighted by Gasteiger charge is -2.28. The molecule has 0 saturated heterocycles. The number of anilines is 1. The molecule has 120 valence electrons. The van der Waals surface area contributed by atoms with E-state index in [1.807, 2.05) is 43.3 Å². The maximum absolute atomic E-state index is 13.1. The molecule has 1 N–H and O–H groups in total. The van der Waals surface area contributed by atoms with Crippen molar-refractivity contribution in [2.24, 2.45) is 0 Å². The number of carbonyl (C=O) groups excluding carboxylic acids is 1. The second kappa shape index (κ2) is 6.45. The van der Waals surface area contributed by atoms with Crippen LogP contribution in [0.3, 0.4) is 0 Å². The molecule has 2 aromatic rings. The predicted octanol–water partition coefficient (Wildman–Crippen LogP) is 4.45. The van der Waals surface area contributed by atoms with E-state index in [2.05, 4.69) is 17.4 Å². The van der Waals surface area contributed by atoms with E-state index < -0.39 is 5.41 Å². The molecule has 0 heterocycles. The SMILES string of the molecule is COc1ccc(C)cc1NC(=O)C1(c2ccccc2)CCCC1. The van der Waals surface area contributed by atoms with Gasteiger partial charge < -0.3 is 10.1 Å². The summed E-state index contributed by atoms with van der Waals surface area (Å²) in [6, 6.07) is 16.0. The molecule has 1 aliphatic carbocycles. The Kier molecular flexibility index (Phi) is 4.37. The van der Waals surface area contributed by atoms with Crippen molar-refractivity contribution in [3.05, 3.63) is 59.7 Å². The standard InChI is InChI=1S/C20H23NO2/c1-15-10-11-18(23-2)17(14-15)21-19(22)20(12-6-7-13-20)16-8-4-3-5-9-16/h3-5,8-11,14H,6-7,12-13H2,1-2H3,(H,21,22). The van der Waals surface area contributed by atoms with Gasteiger partial charge >= 0.3 is 0 Å². The highest BCUT2D eigenvalue weighted by Crippen LogP contribution is 2.42. The van der Waals surface area contributed by atoms with Crippen LogP contribution in [0.2, 0.25) is 0 Å². The van der Waals surface area contributed by atoms with Crippen LogP contribution in [0.25, 0.3) is 0 Å². The van der Waals surface area contributed by atoms with Crippen LogP contribution in [0.5, 0.6) is 5.75 Å². The maximum atomic E-state index is 13.1. The average molecular weight is 309 g/mol. The summed E-state index contributed by atoms with van der Waals surface area (Å²) >= 11 is 0. The molecule has 0 atom stereocenters. The van der Waals surface area contributed by atoms with Crippen LogP contribution < -0.4 is 10.1 Å². The van der Waals surface area contributed by atoms with Gasteiger partial charge in [0, 0.05) is 0 Å². The zero-order valence-corrected chi connectivity index (χ0v) is 13.8. The molecule has 0 bridgehead atoms. The molecule has 2 aromatic carbocycles. The van der Waals surface area contributed by atoms with Crippen LogP contribution in [-0.4, -0.2) is 13.0 Å². The van der Waals surface area contributed by atoms with Gasteiger partial charge in [-0.1, -0.05) is 49.2 Å². The molecule has 1 aliphatic rings. The Labute approximate surface area is 137 Å². The molecule has 3 rings (SSSR count). The third kappa shape index (κ3) is 2.96. The second-order valence-electron chi connectivity index (χ2n) is 6.31. The molecule has 0 aliphatic heterocycles. The topological polar surface area (TPSA) is 38.3 Å². The first-order valence-corrected chi connectivity index (χ1v) is 8.17. The van der Waals surface area contributed by atoms with Crippen molar-refractivity contribution in [1.82, 2.24) is 0 Å². The molecule has 0 aromatic heterocycles. The van der Waals surface area contributed by atoms with Crippen molar-refractivity contribution in [3.63, 3.8) is 0 Å². The summed E-state index contributed by atoms with van der Waals surface area (Å²) in [5.74, 6) is 0.773. The Morgan fingerprint density at radius 3 is 2.43 bits per heavy atom. The normalized spacial score (nSPS) is 16.1. The Morgan fingerprint density at radius 1 is 1.09 bits per heavy atom. The van der Waals surface area contributed by atoms with Crippen molar-refractivity contribution in [1.29, 1.82) is 0 Å². The first kappa shape index (κ1) is 15.6. The Morgan fingerprint density at radius 2 is 1.78 bits per heavy atom. The second-order valence-corrected chi connectivity index (χ2v) is 6.31. The summed E-state index contributed by atoms with van der Waals surface area (Å²) in [6.07, 6.45) is 3.98. The van der Waals surface area contributed by atoms with Crippen molar-refractivity contribution >= 4 is 11.6 Å². The minimum absolute atomic E-state index is 0.0742. The summed E-state index contributed by atoms with van der Waals surface area (Å²) in [4.78, 5) is 13.1. The first-order chi connectivity index (χ1) is 11.2. The fourth-order valence-corrected chi connectivity index (χ4v) is 3.54. The lowest BCUT2D eigenvalue weighted by molar-refractivity contribution is -0.121. The smallest absolute Gasteiger partial charge is 0.235 e. The third-order valence-electron chi connectivity index (χ3n) is 4.82.